The third kappa shape index (κ3) is 4.57. The largest absolute Gasteiger partial charge is 0.312 e. The van der Waals surface area contributed by atoms with Gasteiger partial charge in [0.1, 0.15) is 0 Å². The first-order valence-electron chi connectivity index (χ1n) is 12.9. The third-order valence-electron chi connectivity index (χ3n) is 7.44. The Morgan fingerprint density at radius 1 is 0.528 bits per heavy atom. The molecule has 2 saturated heterocycles. The summed E-state index contributed by atoms with van der Waals surface area (Å²) in [7, 11) is 0. The molecular weight excluding hydrogens is 444 g/mol. The second-order valence-electron chi connectivity index (χ2n) is 12.2. The molecule has 4 heteroatoms. The standard InChI is InChI=1S/C32H36N2O2/c1-31(2,3)25-15-23(16-26(19-25)32(4,5)6)21-7-9-22(10-8-21)24-17-27(33-13-11-29(33)35)20-28(18-24)34-14-12-30(34)36/h7-10,15-20H,11-14H2,1-6H3. The number of anilines is 2. The lowest BCUT2D eigenvalue weighted by molar-refractivity contribution is -0.122. The van der Waals surface area contributed by atoms with Crippen LogP contribution < -0.4 is 9.80 Å². The van der Waals surface area contributed by atoms with E-state index in [9.17, 15) is 9.59 Å². The van der Waals surface area contributed by atoms with Crippen molar-refractivity contribution >= 4 is 23.2 Å². The van der Waals surface area contributed by atoms with Crippen LogP contribution in [-0.2, 0) is 20.4 Å². The first-order chi connectivity index (χ1) is 16.9. The molecule has 4 nitrogen and oxygen atoms in total. The predicted octanol–water partition coefficient (Wildman–Crippen LogP) is 7.09. The number of benzene rings is 3. The molecule has 0 saturated carbocycles. The van der Waals surface area contributed by atoms with Crippen molar-refractivity contribution in [2.75, 3.05) is 22.9 Å². The molecule has 5 rings (SSSR count). The minimum absolute atomic E-state index is 0.0649. The maximum atomic E-state index is 12.2. The molecule has 3 aromatic carbocycles. The smallest absolute Gasteiger partial charge is 0.228 e. The van der Waals surface area contributed by atoms with E-state index >= 15 is 0 Å². The number of rotatable bonds is 4. The van der Waals surface area contributed by atoms with Gasteiger partial charge in [-0.1, -0.05) is 84.0 Å². The van der Waals surface area contributed by atoms with Gasteiger partial charge < -0.3 is 9.80 Å². The second kappa shape index (κ2) is 8.62. The van der Waals surface area contributed by atoms with Gasteiger partial charge in [-0.2, -0.15) is 0 Å². The molecule has 0 aromatic heterocycles. The van der Waals surface area contributed by atoms with Crippen LogP contribution in [0.4, 0.5) is 11.4 Å². The van der Waals surface area contributed by atoms with E-state index in [0.29, 0.717) is 12.8 Å². The van der Waals surface area contributed by atoms with Gasteiger partial charge in [-0.3, -0.25) is 9.59 Å². The molecule has 186 valence electrons. The first kappa shape index (κ1) is 24.3. The van der Waals surface area contributed by atoms with Crippen molar-refractivity contribution in [2.24, 2.45) is 0 Å². The monoisotopic (exact) mass is 480 g/mol. The van der Waals surface area contributed by atoms with Gasteiger partial charge in [-0.05, 0) is 62.4 Å². The van der Waals surface area contributed by atoms with Crippen LogP contribution in [0.2, 0.25) is 0 Å². The van der Waals surface area contributed by atoms with Crippen LogP contribution in [0.1, 0.15) is 65.5 Å². The number of hydrogen-bond acceptors (Lipinski definition) is 2. The average molecular weight is 481 g/mol. The number of amides is 2. The lowest BCUT2D eigenvalue weighted by Gasteiger charge is -2.35. The Labute approximate surface area is 214 Å². The van der Waals surface area contributed by atoms with Crippen LogP contribution in [0.3, 0.4) is 0 Å². The van der Waals surface area contributed by atoms with E-state index in [0.717, 1.165) is 35.6 Å². The van der Waals surface area contributed by atoms with Gasteiger partial charge in [-0.15, -0.1) is 0 Å². The third-order valence-corrected chi connectivity index (χ3v) is 7.44. The molecule has 0 N–H and O–H groups in total. The molecule has 2 amide bonds. The van der Waals surface area contributed by atoms with E-state index in [1.165, 1.54) is 22.3 Å². The topological polar surface area (TPSA) is 40.6 Å². The molecule has 0 aliphatic carbocycles. The molecule has 36 heavy (non-hydrogen) atoms. The summed E-state index contributed by atoms with van der Waals surface area (Å²) < 4.78 is 0. The van der Waals surface area contributed by atoms with Crippen molar-refractivity contribution in [3.05, 3.63) is 71.8 Å². The van der Waals surface area contributed by atoms with Gasteiger partial charge in [0, 0.05) is 37.3 Å². The maximum Gasteiger partial charge on any atom is 0.228 e. The lowest BCUT2D eigenvalue weighted by Crippen LogP contribution is -2.45. The summed E-state index contributed by atoms with van der Waals surface area (Å²) in [5.41, 5.74) is 9.05. The van der Waals surface area contributed by atoms with Gasteiger partial charge in [0.2, 0.25) is 11.8 Å². The average Bonchev–Trinajstić information content (AvgIpc) is 2.80. The van der Waals surface area contributed by atoms with Crippen LogP contribution in [-0.4, -0.2) is 24.9 Å². The maximum absolute atomic E-state index is 12.2. The Kier molecular flexibility index (Phi) is 5.82. The predicted molar refractivity (Wildman–Crippen MR) is 149 cm³/mol. The van der Waals surface area contributed by atoms with Crippen molar-refractivity contribution in [3.63, 3.8) is 0 Å². The summed E-state index contributed by atoms with van der Waals surface area (Å²) >= 11 is 0. The molecule has 3 aromatic rings. The highest BCUT2D eigenvalue weighted by atomic mass is 16.2. The SMILES string of the molecule is CC(C)(C)c1cc(-c2ccc(-c3cc(N4CCC4=O)cc(N4CCC4=O)c3)cc2)cc(C(C)(C)C)c1. The quantitative estimate of drug-likeness (QED) is 0.374. The second-order valence-corrected chi connectivity index (χ2v) is 12.2. The summed E-state index contributed by atoms with van der Waals surface area (Å²) in [5, 5.41) is 0. The fraction of sp³-hybridized carbons (Fsp3) is 0.375. The summed E-state index contributed by atoms with van der Waals surface area (Å²) in [4.78, 5) is 27.9. The highest BCUT2D eigenvalue weighted by Gasteiger charge is 2.29. The summed E-state index contributed by atoms with van der Waals surface area (Å²) in [6, 6.07) is 21.7. The fourth-order valence-corrected chi connectivity index (χ4v) is 4.76. The molecule has 0 radical (unpaired) electrons. The van der Waals surface area contributed by atoms with E-state index < -0.39 is 0 Å². The van der Waals surface area contributed by atoms with Crippen molar-refractivity contribution in [2.45, 2.75) is 65.2 Å². The Hall–Kier alpha value is -3.40. The highest BCUT2D eigenvalue weighted by molar-refractivity contribution is 6.03. The first-order valence-corrected chi connectivity index (χ1v) is 12.9. The summed E-state index contributed by atoms with van der Waals surface area (Å²) in [6.07, 6.45) is 1.17. The van der Waals surface area contributed by atoms with Crippen LogP contribution in [0.15, 0.2) is 60.7 Å². The van der Waals surface area contributed by atoms with Gasteiger partial charge in [-0.25, -0.2) is 0 Å². The molecule has 2 fully saturated rings. The number of β-lactam (4-membered cyclic amide) rings is 2. The molecule has 0 unspecified atom stereocenters. The van der Waals surface area contributed by atoms with Gasteiger partial charge in [0.05, 0.1) is 0 Å². The number of hydrogen-bond donors (Lipinski definition) is 0. The zero-order chi connectivity index (χ0) is 25.8. The molecule has 2 aliphatic rings. The summed E-state index contributed by atoms with van der Waals surface area (Å²) in [6.45, 7) is 15.0. The van der Waals surface area contributed by atoms with E-state index in [1.54, 1.807) is 9.80 Å². The Morgan fingerprint density at radius 2 is 0.917 bits per heavy atom. The Morgan fingerprint density at radius 3 is 1.22 bits per heavy atom. The van der Waals surface area contributed by atoms with E-state index in [1.807, 2.05) is 6.07 Å². The number of carbonyl (C=O) groups excluding carboxylic acids is 2. The summed E-state index contributed by atoms with van der Waals surface area (Å²) in [5.74, 6) is 0.272. The van der Waals surface area contributed by atoms with Gasteiger partial charge in [0.15, 0.2) is 0 Å². The fourth-order valence-electron chi connectivity index (χ4n) is 4.76. The van der Waals surface area contributed by atoms with Gasteiger partial charge in [0.25, 0.3) is 0 Å². The minimum atomic E-state index is 0.0649. The van der Waals surface area contributed by atoms with Crippen molar-refractivity contribution < 1.29 is 9.59 Å². The molecule has 0 spiro atoms. The number of carbonyl (C=O) groups is 2. The van der Waals surface area contributed by atoms with E-state index in [2.05, 4.69) is 96.1 Å². The minimum Gasteiger partial charge on any atom is -0.312 e. The van der Waals surface area contributed by atoms with Gasteiger partial charge >= 0.3 is 0 Å². The molecule has 2 aliphatic heterocycles. The number of nitrogens with zero attached hydrogens (tertiary/aromatic N) is 2. The van der Waals surface area contributed by atoms with Crippen molar-refractivity contribution in [1.82, 2.24) is 0 Å². The van der Waals surface area contributed by atoms with E-state index in [-0.39, 0.29) is 22.6 Å². The van der Waals surface area contributed by atoms with Crippen molar-refractivity contribution in [1.29, 1.82) is 0 Å². The molecule has 0 bridgehead atoms. The van der Waals surface area contributed by atoms with E-state index in [4.69, 9.17) is 0 Å². The zero-order valence-electron chi connectivity index (χ0n) is 22.3. The lowest BCUT2D eigenvalue weighted by atomic mass is 9.79. The zero-order valence-corrected chi connectivity index (χ0v) is 22.3. The van der Waals surface area contributed by atoms with Crippen LogP contribution >= 0.6 is 0 Å². The van der Waals surface area contributed by atoms with Crippen LogP contribution in [0, 0.1) is 0 Å². The van der Waals surface area contributed by atoms with Crippen LogP contribution in [0.5, 0.6) is 0 Å². The van der Waals surface area contributed by atoms with Crippen LogP contribution in [0.25, 0.3) is 22.3 Å². The molecular formula is C32H36N2O2. The molecule has 2 heterocycles. The normalized spacial score (nSPS) is 16.2. The Bertz CT molecular complexity index is 1270. The highest BCUT2D eigenvalue weighted by Crippen LogP contribution is 2.37. The van der Waals surface area contributed by atoms with Crippen molar-refractivity contribution in [3.8, 4) is 22.3 Å². The Balaban J connectivity index is 1.53. The molecule has 0 atom stereocenters.